The lowest BCUT2D eigenvalue weighted by Gasteiger charge is -2.19. The fraction of sp³-hybridized carbons (Fsp3) is 0.273. The molecule has 0 saturated heterocycles. The van der Waals surface area contributed by atoms with Gasteiger partial charge < -0.3 is 20.1 Å². The van der Waals surface area contributed by atoms with Crippen LogP contribution in [0.2, 0.25) is 5.02 Å². The second-order valence-electron chi connectivity index (χ2n) is 6.67. The van der Waals surface area contributed by atoms with Gasteiger partial charge in [0.25, 0.3) is 11.8 Å². The summed E-state index contributed by atoms with van der Waals surface area (Å²) in [5.41, 5.74) is 1.63. The first-order valence-corrected chi connectivity index (χ1v) is 10.8. The largest absolute Gasteiger partial charge is 0.496 e. The van der Waals surface area contributed by atoms with E-state index in [4.69, 9.17) is 21.1 Å². The predicted molar refractivity (Wildman–Crippen MR) is 120 cm³/mol. The highest BCUT2D eigenvalue weighted by Crippen LogP contribution is 2.33. The smallest absolute Gasteiger partial charge is 0.265 e. The summed E-state index contributed by atoms with van der Waals surface area (Å²) >= 11 is 7.80. The molecule has 0 spiro atoms. The van der Waals surface area contributed by atoms with E-state index in [1.807, 2.05) is 37.3 Å². The number of nitrogens with one attached hydrogen (secondary N) is 2. The molecule has 6 nitrogen and oxygen atoms in total. The molecule has 1 aliphatic rings. The molecule has 0 fully saturated rings. The second-order valence-corrected chi connectivity index (χ2v) is 8.19. The Kier molecular flexibility index (Phi) is 7.29. The van der Waals surface area contributed by atoms with Gasteiger partial charge in [-0.25, -0.2) is 0 Å². The average molecular weight is 447 g/mol. The van der Waals surface area contributed by atoms with E-state index in [0.29, 0.717) is 34.5 Å². The van der Waals surface area contributed by atoms with Gasteiger partial charge in [0.2, 0.25) is 0 Å². The zero-order chi connectivity index (χ0) is 21.7. The number of carbonyl (C=O) groups excluding carboxylic acids is 2. The Labute approximate surface area is 185 Å². The number of methoxy groups -OCH3 is 1. The lowest BCUT2D eigenvalue weighted by atomic mass is 10.1. The van der Waals surface area contributed by atoms with Crippen LogP contribution in [0.1, 0.15) is 35.8 Å². The standard InChI is InChI=1S/C22H23ClN2O4S/c1-13(15-7-5-4-6-8-15)24-21(26)16-11-17(23)18(12-19(16)28-3)25-22(27)20-14(2)29-9-10-30-20/h4-8,11-13H,9-10H2,1-3H3,(H,24,26)(H,25,27)/t13-/m1/s1. The lowest BCUT2D eigenvalue weighted by Crippen LogP contribution is -2.27. The van der Waals surface area contributed by atoms with Gasteiger partial charge in [-0.2, -0.15) is 0 Å². The van der Waals surface area contributed by atoms with Crippen molar-refractivity contribution < 1.29 is 19.1 Å². The summed E-state index contributed by atoms with van der Waals surface area (Å²) in [5.74, 6) is 0.966. The molecule has 30 heavy (non-hydrogen) atoms. The third-order valence-electron chi connectivity index (χ3n) is 4.60. The number of halogens is 1. The summed E-state index contributed by atoms with van der Waals surface area (Å²) in [6.45, 7) is 4.23. The fourth-order valence-corrected chi connectivity index (χ4v) is 4.03. The van der Waals surface area contributed by atoms with Gasteiger partial charge in [-0.15, -0.1) is 11.8 Å². The summed E-state index contributed by atoms with van der Waals surface area (Å²) < 4.78 is 10.8. The van der Waals surface area contributed by atoms with Crippen molar-refractivity contribution in [3.05, 3.63) is 69.3 Å². The minimum Gasteiger partial charge on any atom is -0.496 e. The summed E-state index contributed by atoms with van der Waals surface area (Å²) in [6.07, 6.45) is 0. The van der Waals surface area contributed by atoms with E-state index >= 15 is 0 Å². The molecule has 2 aromatic carbocycles. The maximum absolute atomic E-state index is 12.8. The van der Waals surface area contributed by atoms with Crippen LogP contribution in [-0.4, -0.2) is 31.3 Å². The zero-order valence-electron chi connectivity index (χ0n) is 17.0. The zero-order valence-corrected chi connectivity index (χ0v) is 18.5. The van der Waals surface area contributed by atoms with Crippen LogP contribution in [-0.2, 0) is 9.53 Å². The third kappa shape index (κ3) is 5.09. The highest BCUT2D eigenvalue weighted by atomic mass is 35.5. The predicted octanol–water partition coefficient (Wildman–Crippen LogP) is 4.77. The summed E-state index contributed by atoms with van der Waals surface area (Å²) in [4.78, 5) is 25.9. The molecule has 0 aromatic heterocycles. The van der Waals surface area contributed by atoms with Gasteiger partial charge in [-0.3, -0.25) is 9.59 Å². The van der Waals surface area contributed by atoms with Crippen LogP contribution in [0.3, 0.4) is 0 Å². The Morgan fingerprint density at radius 3 is 2.60 bits per heavy atom. The Bertz CT molecular complexity index is 979. The van der Waals surface area contributed by atoms with Gasteiger partial charge >= 0.3 is 0 Å². The van der Waals surface area contributed by atoms with Crippen LogP contribution in [0, 0.1) is 0 Å². The monoisotopic (exact) mass is 446 g/mol. The molecule has 0 radical (unpaired) electrons. The number of hydrogen-bond donors (Lipinski definition) is 2. The van der Waals surface area contributed by atoms with Crippen LogP contribution in [0.4, 0.5) is 5.69 Å². The van der Waals surface area contributed by atoms with Crippen molar-refractivity contribution in [1.82, 2.24) is 5.32 Å². The summed E-state index contributed by atoms with van der Waals surface area (Å²) in [6, 6.07) is 12.5. The Balaban J connectivity index is 1.80. The number of benzene rings is 2. The van der Waals surface area contributed by atoms with Crippen molar-refractivity contribution in [3.63, 3.8) is 0 Å². The molecule has 1 aliphatic heterocycles. The molecule has 0 bridgehead atoms. The topological polar surface area (TPSA) is 76.7 Å². The Hall–Kier alpha value is -2.64. The first-order chi connectivity index (χ1) is 14.4. The normalized spacial score (nSPS) is 14.5. The average Bonchev–Trinajstić information content (AvgIpc) is 2.75. The van der Waals surface area contributed by atoms with E-state index in [1.165, 1.54) is 24.9 Å². The van der Waals surface area contributed by atoms with Crippen LogP contribution in [0.5, 0.6) is 5.75 Å². The van der Waals surface area contributed by atoms with Crippen molar-refractivity contribution in [1.29, 1.82) is 0 Å². The molecule has 1 atom stereocenters. The van der Waals surface area contributed by atoms with Gasteiger partial charge in [-0.1, -0.05) is 41.9 Å². The van der Waals surface area contributed by atoms with Crippen molar-refractivity contribution in [2.24, 2.45) is 0 Å². The highest BCUT2D eigenvalue weighted by Gasteiger charge is 2.22. The number of allylic oxidation sites excluding steroid dienone is 1. The minimum atomic E-state index is -0.322. The van der Waals surface area contributed by atoms with Crippen molar-refractivity contribution in [3.8, 4) is 5.75 Å². The maximum atomic E-state index is 12.8. The third-order valence-corrected chi connectivity index (χ3v) is 6.05. The van der Waals surface area contributed by atoms with E-state index in [0.717, 1.165) is 5.56 Å². The van der Waals surface area contributed by atoms with Crippen LogP contribution >= 0.6 is 23.4 Å². The number of ether oxygens (including phenoxy) is 2. The SMILES string of the molecule is COc1cc(NC(=O)C2=C(C)OCCS2)c(Cl)cc1C(=O)N[C@H](C)c1ccccc1. The second kappa shape index (κ2) is 9.91. The number of thioether (sulfide) groups is 1. The molecule has 2 amide bonds. The molecule has 3 rings (SSSR count). The van der Waals surface area contributed by atoms with Gasteiger partial charge in [0.05, 0.1) is 36.0 Å². The van der Waals surface area contributed by atoms with E-state index in [1.54, 1.807) is 13.0 Å². The van der Waals surface area contributed by atoms with Crippen LogP contribution < -0.4 is 15.4 Å². The Morgan fingerprint density at radius 2 is 1.93 bits per heavy atom. The maximum Gasteiger partial charge on any atom is 0.265 e. The number of rotatable bonds is 6. The Morgan fingerprint density at radius 1 is 1.20 bits per heavy atom. The molecule has 1 heterocycles. The number of anilines is 1. The van der Waals surface area contributed by atoms with E-state index in [2.05, 4.69) is 10.6 Å². The van der Waals surface area contributed by atoms with Crippen molar-refractivity contribution >= 4 is 40.9 Å². The summed E-state index contributed by atoms with van der Waals surface area (Å²) in [7, 11) is 1.46. The first kappa shape index (κ1) is 22.1. The molecule has 0 saturated carbocycles. The lowest BCUT2D eigenvalue weighted by molar-refractivity contribution is -0.112. The molecular formula is C22H23ClN2O4S. The van der Waals surface area contributed by atoms with Crippen LogP contribution in [0.25, 0.3) is 0 Å². The summed E-state index contributed by atoms with van der Waals surface area (Å²) in [5, 5.41) is 5.95. The van der Waals surface area contributed by atoms with Crippen molar-refractivity contribution in [2.75, 3.05) is 24.8 Å². The molecular weight excluding hydrogens is 424 g/mol. The van der Waals surface area contributed by atoms with E-state index in [9.17, 15) is 9.59 Å². The number of amides is 2. The van der Waals surface area contributed by atoms with Crippen LogP contribution in [0.15, 0.2) is 53.1 Å². The fourth-order valence-electron chi connectivity index (χ4n) is 3.01. The number of hydrogen-bond acceptors (Lipinski definition) is 5. The molecule has 2 aromatic rings. The first-order valence-electron chi connectivity index (χ1n) is 9.42. The van der Waals surface area contributed by atoms with Gasteiger partial charge in [0.15, 0.2) is 0 Å². The minimum absolute atomic E-state index is 0.195. The van der Waals surface area contributed by atoms with Crippen molar-refractivity contribution in [2.45, 2.75) is 19.9 Å². The molecule has 2 N–H and O–H groups in total. The molecule has 0 aliphatic carbocycles. The quantitative estimate of drug-likeness (QED) is 0.668. The van der Waals surface area contributed by atoms with Gasteiger partial charge in [0.1, 0.15) is 16.4 Å². The van der Waals surface area contributed by atoms with Gasteiger partial charge in [0, 0.05) is 11.8 Å². The van der Waals surface area contributed by atoms with E-state index < -0.39 is 0 Å². The highest BCUT2D eigenvalue weighted by molar-refractivity contribution is 8.04. The van der Waals surface area contributed by atoms with Gasteiger partial charge in [-0.05, 0) is 25.5 Å². The van der Waals surface area contributed by atoms with E-state index in [-0.39, 0.29) is 28.4 Å². The molecule has 158 valence electrons. The number of carbonyl (C=O) groups is 2. The molecule has 8 heteroatoms. The molecule has 0 unspecified atom stereocenters.